The van der Waals surface area contributed by atoms with Crippen molar-refractivity contribution in [3.63, 3.8) is 0 Å². The van der Waals surface area contributed by atoms with Crippen LogP contribution in [0, 0.1) is 5.92 Å². The second-order valence-electron chi connectivity index (χ2n) is 5.30. The summed E-state index contributed by atoms with van der Waals surface area (Å²) in [6, 6.07) is 9.11. The summed E-state index contributed by atoms with van der Waals surface area (Å²) >= 11 is 0. The van der Waals surface area contributed by atoms with Gasteiger partial charge in [0.05, 0.1) is 0 Å². The van der Waals surface area contributed by atoms with Gasteiger partial charge in [-0.05, 0) is 50.0 Å². The third kappa shape index (κ3) is 3.83. The van der Waals surface area contributed by atoms with E-state index in [1.54, 1.807) is 0 Å². The van der Waals surface area contributed by atoms with Gasteiger partial charge in [-0.3, -0.25) is 4.90 Å². The third-order valence-electron chi connectivity index (χ3n) is 3.60. The van der Waals surface area contributed by atoms with Crippen molar-refractivity contribution in [2.24, 2.45) is 5.92 Å². The molecule has 1 N–H and O–H groups in total. The molecular weight excluding hydrogens is 208 g/mol. The number of hydrogen-bond acceptors (Lipinski definition) is 2. The Morgan fingerprint density at radius 1 is 1.24 bits per heavy atom. The van der Waals surface area contributed by atoms with Crippen LogP contribution in [0.2, 0.25) is 0 Å². The molecule has 1 heterocycles. The predicted octanol–water partition coefficient (Wildman–Crippen LogP) is 2.29. The summed E-state index contributed by atoms with van der Waals surface area (Å²) in [7, 11) is 2.00. The first-order valence-corrected chi connectivity index (χ1v) is 6.72. The summed E-state index contributed by atoms with van der Waals surface area (Å²) in [5.41, 5.74) is 2.88. The summed E-state index contributed by atoms with van der Waals surface area (Å²) in [4.78, 5) is 2.56. The highest BCUT2D eigenvalue weighted by atomic mass is 15.1. The fourth-order valence-corrected chi connectivity index (χ4v) is 2.51. The van der Waals surface area contributed by atoms with Crippen LogP contribution in [0.15, 0.2) is 24.3 Å². The zero-order valence-electron chi connectivity index (χ0n) is 11.1. The van der Waals surface area contributed by atoms with Crippen molar-refractivity contribution in [2.75, 3.05) is 26.7 Å². The van der Waals surface area contributed by atoms with E-state index in [-0.39, 0.29) is 0 Å². The van der Waals surface area contributed by atoms with Crippen LogP contribution in [0.1, 0.15) is 24.5 Å². The molecule has 1 aliphatic heterocycles. The van der Waals surface area contributed by atoms with E-state index in [4.69, 9.17) is 0 Å². The lowest BCUT2D eigenvalue weighted by molar-refractivity contribution is 0.320. The van der Waals surface area contributed by atoms with Crippen molar-refractivity contribution in [2.45, 2.75) is 26.3 Å². The Morgan fingerprint density at radius 3 is 2.53 bits per heavy atom. The molecule has 2 nitrogen and oxygen atoms in total. The van der Waals surface area contributed by atoms with Crippen LogP contribution in [0.5, 0.6) is 0 Å². The van der Waals surface area contributed by atoms with E-state index in [0.29, 0.717) is 0 Å². The zero-order valence-corrected chi connectivity index (χ0v) is 11.1. The molecule has 0 radical (unpaired) electrons. The summed E-state index contributed by atoms with van der Waals surface area (Å²) < 4.78 is 0. The lowest BCUT2D eigenvalue weighted by atomic mass is 10.1. The van der Waals surface area contributed by atoms with E-state index in [2.05, 4.69) is 41.4 Å². The number of likely N-dealkylation sites (N-methyl/N-ethyl adjacent to an activating group) is 1. The Kier molecular flexibility index (Phi) is 4.57. The van der Waals surface area contributed by atoms with E-state index in [9.17, 15) is 0 Å². The number of likely N-dealkylation sites (tertiary alicyclic amines) is 1. The molecule has 0 saturated carbocycles. The Bertz CT molecular complexity index is 331. The van der Waals surface area contributed by atoms with Gasteiger partial charge in [0, 0.05) is 13.1 Å². The van der Waals surface area contributed by atoms with Crippen LogP contribution >= 0.6 is 0 Å². The van der Waals surface area contributed by atoms with Gasteiger partial charge in [0.2, 0.25) is 0 Å². The van der Waals surface area contributed by atoms with Gasteiger partial charge in [-0.15, -0.1) is 0 Å². The summed E-state index contributed by atoms with van der Waals surface area (Å²) in [5.74, 6) is 0.880. The van der Waals surface area contributed by atoms with Gasteiger partial charge in [0.15, 0.2) is 0 Å². The molecule has 1 unspecified atom stereocenters. The number of hydrogen-bond donors (Lipinski definition) is 1. The van der Waals surface area contributed by atoms with Crippen LogP contribution in [-0.2, 0) is 13.0 Å². The molecule has 1 fully saturated rings. The van der Waals surface area contributed by atoms with Crippen LogP contribution in [0.3, 0.4) is 0 Å². The summed E-state index contributed by atoms with van der Waals surface area (Å²) in [6.07, 6.45) is 2.48. The maximum Gasteiger partial charge on any atom is 0.0233 e. The van der Waals surface area contributed by atoms with Crippen LogP contribution in [0.4, 0.5) is 0 Å². The molecule has 1 saturated heterocycles. The van der Waals surface area contributed by atoms with Crippen molar-refractivity contribution in [3.8, 4) is 0 Å². The summed E-state index contributed by atoms with van der Waals surface area (Å²) in [6.45, 7) is 7.06. The number of nitrogens with zero attached hydrogens (tertiary/aromatic N) is 1. The first-order valence-electron chi connectivity index (χ1n) is 6.72. The summed E-state index contributed by atoms with van der Waals surface area (Å²) in [5, 5.41) is 3.19. The first-order chi connectivity index (χ1) is 8.28. The highest BCUT2D eigenvalue weighted by Crippen LogP contribution is 2.18. The van der Waals surface area contributed by atoms with Gasteiger partial charge < -0.3 is 5.32 Å². The van der Waals surface area contributed by atoms with E-state index in [1.807, 2.05) is 7.05 Å². The number of rotatable bonds is 5. The van der Waals surface area contributed by atoms with Crippen LogP contribution in [0.25, 0.3) is 0 Å². The molecule has 0 bridgehead atoms. The quantitative estimate of drug-likeness (QED) is 0.838. The lowest BCUT2D eigenvalue weighted by Gasteiger charge is -2.15. The molecule has 2 rings (SSSR count). The molecule has 17 heavy (non-hydrogen) atoms. The molecule has 0 aromatic heterocycles. The molecule has 0 aliphatic carbocycles. The largest absolute Gasteiger partial charge is 0.319 e. The monoisotopic (exact) mass is 232 g/mol. The average Bonchev–Trinajstić information content (AvgIpc) is 2.74. The smallest absolute Gasteiger partial charge is 0.0233 e. The van der Waals surface area contributed by atoms with Crippen LogP contribution in [-0.4, -0.2) is 31.6 Å². The Hall–Kier alpha value is -0.860. The fourth-order valence-electron chi connectivity index (χ4n) is 2.51. The Morgan fingerprint density at radius 2 is 1.94 bits per heavy atom. The second kappa shape index (κ2) is 6.18. The third-order valence-corrected chi connectivity index (χ3v) is 3.60. The normalized spacial score (nSPS) is 20.9. The van der Waals surface area contributed by atoms with Crippen LogP contribution < -0.4 is 5.32 Å². The van der Waals surface area contributed by atoms with Gasteiger partial charge in [-0.2, -0.15) is 0 Å². The molecule has 1 aromatic carbocycles. The van der Waals surface area contributed by atoms with Gasteiger partial charge in [0.25, 0.3) is 0 Å². The Balaban J connectivity index is 1.85. The first kappa shape index (κ1) is 12.6. The maximum atomic E-state index is 3.19. The number of benzene rings is 1. The molecule has 1 aromatic rings. The van der Waals surface area contributed by atoms with Gasteiger partial charge in [0.1, 0.15) is 0 Å². The van der Waals surface area contributed by atoms with Crippen molar-refractivity contribution in [1.82, 2.24) is 10.2 Å². The average molecular weight is 232 g/mol. The molecular formula is C15H24N2. The SMILES string of the molecule is CNCCc1ccc(CN2CCC(C)C2)cc1. The minimum absolute atomic E-state index is 0.880. The van der Waals surface area contributed by atoms with E-state index >= 15 is 0 Å². The van der Waals surface area contributed by atoms with Crippen molar-refractivity contribution in [1.29, 1.82) is 0 Å². The molecule has 94 valence electrons. The molecule has 1 atom stereocenters. The predicted molar refractivity (Wildman–Crippen MR) is 73.1 cm³/mol. The van der Waals surface area contributed by atoms with Gasteiger partial charge >= 0.3 is 0 Å². The maximum absolute atomic E-state index is 3.19. The van der Waals surface area contributed by atoms with E-state index in [1.165, 1.54) is 30.6 Å². The molecule has 2 heteroatoms. The second-order valence-corrected chi connectivity index (χ2v) is 5.30. The topological polar surface area (TPSA) is 15.3 Å². The highest BCUT2D eigenvalue weighted by Gasteiger charge is 2.18. The van der Waals surface area contributed by atoms with Crippen molar-refractivity contribution in [3.05, 3.63) is 35.4 Å². The molecule has 0 amide bonds. The van der Waals surface area contributed by atoms with E-state index in [0.717, 1.165) is 25.4 Å². The van der Waals surface area contributed by atoms with E-state index < -0.39 is 0 Å². The van der Waals surface area contributed by atoms with Crippen molar-refractivity contribution < 1.29 is 0 Å². The highest BCUT2D eigenvalue weighted by molar-refractivity contribution is 5.22. The molecule has 0 spiro atoms. The fraction of sp³-hybridized carbons (Fsp3) is 0.600. The minimum Gasteiger partial charge on any atom is -0.319 e. The minimum atomic E-state index is 0.880. The standard InChI is InChI=1S/C15H24N2/c1-13-8-10-17(11-13)12-15-5-3-14(4-6-15)7-9-16-2/h3-6,13,16H,7-12H2,1-2H3. The van der Waals surface area contributed by atoms with Gasteiger partial charge in [-0.1, -0.05) is 31.2 Å². The van der Waals surface area contributed by atoms with Gasteiger partial charge in [-0.25, -0.2) is 0 Å². The zero-order chi connectivity index (χ0) is 12.1. The van der Waals surface area contributed by atoms with Crippen molar-refractivity contribution >= 4 is 0 Å². The number of nitrogens with one attached hydrogen (secondary N) is 1. The lowest BCUT2D eigenvalue weighted by Crippen LogP contribution is -2.19. The molecule has 1 aliphatic rings. The Labute approximate surface area is 105 Å².